The van der Waals surface area contributed by atoms with Crippen LogP contribution in [-0.2, 0) is 14.3 Å². The van der Waals surface area contributed by atoms with Crippen molar-refractivity contribution in [1.82, 2.24) is 5.32 Å². The molecule has 0 spiro atoms. The van der Waals surface area contributed by atoms with Gasteiger partial charge in [-0.05, 0) is 31.2 Å². The Hall–Kier alpha value is -3.15. The van der Waals surface area contributed by atoms with E-state index in [1.54, 1.807) is 49.5 Å². The molecule has 6 nitrogen and oxygen atoms in total. The summed E-state index contributed by atoms with van der Waals surface area (Å²) in [5.41, 5.74) is 1.15. The van der Waals surface area contributed by atoms with Crippen molar-refractivity contribution in [1.29, 1.82) is 0 Å². The highest BCUT2D eigenvalue weighted by molar-refractivity contribution is 5.98. The van der Waals surface area contributed by atoms with Gasteiger partial charge in [-0.15, -0.1) is 0 Å². The van der Waals surface area contributed by atoms with Crippen molar-refractivity contribution in [3.63, 3.8) is 0 Å². The lowest BCUT2D eigenvalue weighted by Gasteiger charge is -2.21. The number of esters is 1. The molecule has 0 radical (unpaired) electrons. The molecule has 1 atom stereocenters. The molecule has 0 saturated heterocycles. The van der Waals surface area contributed by atoms with Crippen LogP contribution >= 0.6 is 0 Å². The van der Waals surface area contributed by atoms with Crippen LogP contribution in [0, 0.1) is 0 Å². The second kappa shape index (κ2) is 8.63. The van der Waals surface area contributed by atoms with E-state index in [2.05, 4.69) is 5.32 Å². The van der Waals surface area contributed by atoms with Gasteiger partial charge in [0.2, 0.25) is 0 Å². The molecule has 2 aromatic rings. The van der Waals surface area contributed by atoms with E-state index in [1.807, 2.05) is 18.2 Å². The van der Waals surface area contributed by atoms with E-state index >= 15 is 0 Å². The Labute approximate surface area is 146 Å². The molecule has 0 fully saturated rings. The third-order valence-corrected chi connectivity index (χ3v) is 3.56. The molecule has 130 valence electrons. The van der Waals surface area contributed by atoms with Crippen molar-refractivity contribution in [3.8, 4) is 0 Å². The van der Waals surface area contributed by atoms with Gasteiger partial charge in [0.1, 0.15) is 6.54 Å². The first kappa shape index (κ1) is 18.2. The zero-order valence-electron chi connectivity index (χ0n) is 14.1. The summed E-state index contributed by atoms with van der Waals surface area (Å²) < 4.78 is 5.10. The van der Waals surface area contributed by atoms with Crippen molar-refractivity contribution in [2.45, 2.75) is 13.0 Å². The van der Waals surface area contributed by atoms with Crippen LogP contribution in [0.1, 0.15) is 17.3 Å². The molecule has 2 aromatic carbocycles. The van der Waals surface area contributed by atoms with Gasteiger partial charge in [0.05, 0.1) is 0 Å². The molecule has 1 N–H and O–H groups in total. The average Bonchev–Trinajstić information content (AvgIpc) is 2.66. The van der Waals surface area contributed by atoms with Gasteiger partial charge < -0.3 is 15.0 Å². The van der Waals surface area contributed by atoms with Crippen LogP contribution in [0.15, 0.2) is 60.7 Å². The van der Waals surface area contributed by atoms with E-state index < -0.39 is 12.1 Å². The monoisotopic (exact) mass is 340 g/mol. The molecule has 0 aromatic heterocycles. The number of para-hydroxylation sites is 1. The van der Waals surface area contributed by atoms with Crippen LogP contribution in [0.5, 0.6) is 0 Å². The maximum absolute atomic E-state index is 12.3. The molecule has 25 heavy (non-hydrogen) atoms. The number of anilines is 1. The number of rotatable bonds is 6. The number of nitrogens with one attached hydrogen (secondary N) is 1. The van der Waals surface area contributed by atoms with Crippen molar-refractivity contribution >= 4 is 23.5 Å². The van der Waals surface area contributed by atoms with Crippen LogP contribution in [0.3, 0.4) is 0 Å². The lowest BCUT2D eigenvalue weighted by molar-refractivity contribution is -0.152. The molecule has 6 heteroatoms. The van der Waals surface area contributed by atoms with Crippen LogP contribution in [-0.4, -0.2) is 37.5 Å². The Bertz CT molecular complexity index is 732. The van der Waals surface area contributed by atoms with Gasteiger partial charge >= 0.3 is 5.97 Å². The van der Waals surface area contributed by atoms with E-state index in [-0.39, 0.29) is 18.4 Å². The van der Waals surface area contributed by atoms with Crippen molar-refractivity contribution in [2.75, 3.05) is 18.5 Å². The summed E-state index contributed by atoms with van der Waals surface area (Å²) in [4.78, 5) is 37.4. The molecule has 0 saturated carbocycles. The SMILES string of the molecule is C[C@@H](OC(=O)CNC(=O)c1ccccc1)C(=O)N(C)c1ccccc1. The molecular weight excluding hydrogens is 320 g/mol. The van der Waals surface area contributed by atoms with Crippen LogP contribution in [0.2, 0.25) is 0 Å². The Balaban J connectivity index is 1.83. The van der Waals surface area contributed by atoms with E-state index in [9.17, 15) is 14.4 Å². The fourth-order valence-electron chi connectivity index (χ4n) is 2.18. The maximum atomic E-state index is 12.3. The van der Waals surface area contributed by atoms with E-state index in [1.165, 1.54) is 11.8 Å². The Morgan fingerprint density at radius 1 is 1.00 bits per heavy atom. The van der Waals surface area contributed by atoms with Crippen molar-refractivity contribution in [2.24, 2.45) is 0 Å². The predicted molar refractivity (Wildman–Crippen MR) is 94.2 cm³/mol. The summed E-state index contributed by atoms with van der Waals surface area (Å²) in [6.07, 6.45) is -0.952. The third kappa shape index (κ3) is 5.17. The number of amides is 2. The van der Waals surface area contributed by atoms with Gasteiger partial charge in [0.15, 0.2) is 6.10 Å². The largest absolute Gasteiger partial charge is 0.451 e. The molecule has 0 heterocycles. The highest BCUT2D eigenvalue weighted by Gasteiger charge is 2.22. The first-order valence-corrected chi connectivity index (χ1v) is 7.84. The summed E-state index contributed by atoms with van der Waals surface area (Å²) in [7, 11) is 1.61. The molecule has 0 bridgehead atoms. The summed E-state index contributed by atoms with van der Waals surface area (Å²) in [5.74, 6) is -1.40. The van der Waals surface area contributed by atoms with E-state index in [4.69, 9.17) is 4.74 Å². The van der Waals surface area contributed by atoms with Crippen molar-refractivity contribution < 1.29 is 19.1 Å². The minimum Gasteiger partial charge on any atom is -0.451 e. The number of nitrogens with zero attached hydrogens (tertiary/aromatic N) is 1. The van der Waals surface area contributed by atoms with E-state index in [0.29, 0.717) is 11.3 Å². The van der Waals surface area contributed by atoms with Crippen molar-refractivity contribution in [3.05, 3.63) is 66.2 Å². The number of benzene rings is 2. The summed E-state index contributed by atoms with van der Waals surface area (Å²) in [6, 6.07) is 17.6. The highest BCUT2D eigenvalue weighted by atomic mass is 16.5. The van der Waals surface area contributed by atoms with Crippen LogP contribution in [0.25, 0.3) is 0 Å². The highest BCUT2D eigenvalue weighted by Crippen LogP contribution is 2.13. The first-order valence-electron chi connectivity index (χ1n) is 7.84. The fraction of sp³-hybridized carbons (Fsp3) is 0.211. The smallest absolute Gasteiger partial charge is 0.326 e. The summed E-state index contributed by atoms with van der Waals surface area (Å²) >= 11 is 0. The van der Waals surface area contributed by atoms with Gasteiger partial charge in [0, 0.05) is 18.3 Å². The molecule has 0 aliphatic rings. The van der Waals surface area contributed by atoms with E-state index in [0.717, 1.165) is 0 Å². The molecule has 2 amide bonds. The van der Waals surface area contributed by atoms with Gasteiger partial charge in [-0.3, -0.25) is 14.4 Å². The zero-order valence-corrected chi connectivity index (χ0v) is 14.1. The molecule has 0 aliphatic carbocycles. The van der Waals surface area contributed by atoms with Gasteiger partial charge in [0.25, 0.3) is 11.8 Å². The second-order valence-corrected chi connectivity index (χ2v) is 5.41. The molecule has 0 unspecified atom stereocenters. The third-order valence-electron chi connectivity index (χ3n) is 3.56. The number of carbonyl (C=O) groups is 3. The topological polar surface area (TPSA) is 75.7 Å². The summed E-state index contributed by atoms with van der Waals surface area (Å²) in [5, 5.41) is 2.47. The minimum absolute atomic E-state index is 0.305. The Morgan fingerprint density at radius 2 is 1.56 bits per heavy atom. The second-order valence-electron chi connectivity index (χ2n) is 5.41. The number of ether oxygens (including phenoxy) is 1. The number of hydrogen-bond acceptors (Lipinski definition) is 4. The fourth-order valence-corrected chi connectivity index (χ4v) is 2.18. The number of hydrogen-bond donors (Lipinski definition) is 1. The van der Waals surface area contributed by atoms with Gasteiger partial charge in [-0.1, -0.05) is 36.4 Å². The molecule has 2 rings (SSSR count). The lowest BCUT2D eigenvalue weighted by Crippen LogP contribution is -2.39. The predicted octanol–water partition coefficient (Wildman–Crippen LogP) is 2.01. The molecule has 0 aliphatic heterocycles. The Morgan fingerprint density at radius 3 is 2.16 bits per heavy atom. The normalized spacial score (nSPS) is 11.3. The lowest BCUT2D eigenvalue weighted by atomic mass is 10.2. The molecular formula is C19H20N2O4. The quantitative estimate of drug-likeness (QED) is 0.816. The van der Waals surface area contributed by atoms with Gasteiger partial charge in [-0.2, -0.15) is 0 Å². The number of likely N-dealkylation sites (N-methyl/N-ethyl adjacent to an activating group) is 1. The average molecular weight is 340 g/mol. The zero-order chi connectivity index (χ0) is 18.2. The Kier molecular flexibility index (Phi) is 6.28. The van der Waals surface area contributed by atoms with Gasteiger partial charge in [-0.25, -0.2) is 0 Å². The standard InChI is InChI=1S/C19H20N2O4/c1-14(19(24)21(2)16-11-7-4-8-12-16)25-17(22)13-20-18(23)15-9-5-3-6-10-15/h3-12,14H,13H2,1-2H3,(H,20,23)/t14-/m1/s1. The maximum Gasteiger partial charge on any atom is 0.326 e. The summed E-state index contributed by atoms with van der Waals surface area (Å²) in [6.45, 7) is 1.19. The minimum atomic E-state index is -0.952. The van der Waals surface area contributed by atoms with Crippen LogP contribution in [0.4, 0.5) is 5.69 Å². The van der Waals surface area contributed by atoms with Crippen LogP contribution < -0.4 is 10.2 Å². The number of carbonyl (C=O) groups excluding carboxylic acids is 3. The first-order chi connectivity index (χ1) is 12.0.